The number of ether oxygens (including phenoxy) is 1. The Labute approximate surface area is 153 Å². The zero-order chi connectivity index (χ0) is 18.7. The molecule has 1 unspecified atom stereocenters. The van der Waals surface area contributed by atoms with Crippen LogP contribution in [0, 0.1) is 10.6 Å². The zero-order valence-electron chi connectivity index (χ0n) is 13.8. The van der Waals surface area contributed by atoms with E-state index in [4.69, 9.17) is 17.0 Å². The van der Waals surface area contributed by atoms with Crippen molar-refractivity contribution in [3.63, 3.8) is 0 Å². The molecule has 8 heteroatoms. The molecular formula is C18H16FN3O3S. The van der Waals surface area contributed by atoms with E-state index in [1.54, 1.807) is 37.3 Å². The van der Waals surface area contributed by atoms with E-state index in [1.165, 1.54) is 12.1 Å². The van der Waals surface area contributed by atoms with Crippen LogP contribution in [0.15, 0.2) is 47.3 Å². The van der Waals surface area contributed by atoms with Crippen molar-refractivity contribution in [1.29, 1.82) is 0 Å². The van der Waals surface area contributed by atoms with Crippen LogP contribution in [0.25, 0.3) is 10.9 Å². The number of carbonyl (C=O) groups is 1. The lowest BCUT2D eigenvalue weighted by Gasteiger charge is -2.15. The Morgan fingerprint density at radius 3 is 2.85 bits per heavy atom. The second-order valence-electron chi connectivity index (χ2n) is 5.81. The molecular weight excluding hydrogens is 357 g/mol. The summed E-state index contributed by atoms with van der Waals surface area (Å²) in [6, 6.07) is 10.2. The van der Waals surface area contributed by atoms with E-state index in [0.29, 0.717) is 22.2 Å². The Balaban J connectivity index is 1.68. The third-order valence-electron chi connectivity index (χ3n) is 3.68. The summed E-state index contributed by atoms with van der Waals surface area (Å²) in [7, 11) is 0. The van der Waals surface area contributed by atoms with Crippen molar-refractivity contribution in [2.24, 2.45) is 0 Å². The summed E-state index contributed by atoms with van der Waals surface area (Å²) >= 11 is 4.94. The molecule has 1 amide bonds. The number of amides is 1. The number of aromatic amines is 2. The summed E-state index contributed by atoms with van der Waals surface area (Å²) in [6.45, 7) is 1.96. The van der Waals surface area contributed by atoms with E-state index < -0.39 is 0 Å². The van der Waals surface area contributed by atoms with Crippen molar-refractivity contribution in [2.45, 2.75) is 13.0 Å². The molecule has 3 rings (SSSR count). The van der Waals surface area contributed by atoms with Crippen molar-refractivity contribution in [2.75, 3.05) is 6.61 Å². The van der Waals surface area contributed by atoms with Gasteiger partial charge in [0.25, 0.3) is 11.5 Å². The van der Waals surface area contributed by atoms with Crippen LogP contribution < -0.4 is 15.6 Å². The smallest absolute Gasteiger partial charge is 0.259 e. The fourth-order valence-electron chi connectivity index (χ4n) is 2.44. The second kappa shape index (κ2) is 7.49. The van der Waals surface area contributed by atoms with Crippen LogP contribution in [0.1, 0.15) is 17.3 Å². The molecule has 0 spiro atoms. The van der Waals surface area contributed by atoms with Gasteiger partial charge in [-0.15, -0.1) is 0 Å². The van der Waals surface area contributed by atoms with Gasteiger partial charge in [0.15, 0.2) is 4.77 Å². The number of halogens is 1. The number of hydrogen-bond donors (Lipinski definition) is 3. The number of aromatic nitrogens is 2. The molecule has 0 aliphatic heterocycles. The molecule has 6 nitrogen and oxygen atoms in total. The van der Waals surface area contributed by atoms with Crippen LogP contribution in [0.4, 0.5) is 4.39 Å². The molecule has 2 aromatic carbocycles. The lowest BCUT2D eigenvalue weighted by Crippen LogP contribution is -2.36. The first-order chi connectivity index (χ1) is 12.4. The van der Waals surface area contributed by atoms with Crippen LogP contribution in [-0.2, 0) is 0 Å². The minimum Gasteiger partial charge on any atom is -0.491 e. The van der Waals surface area contributed by atoms with Gasteiger partial charge >= 0.3 is 0 Å². The summed E-state index contributed by atoms with van der Waals surface area (Å²) in [5, 5.41) is 3.21. The number of H-pyrrole nitrogens is 2. The van der Waals surface area contributed by atoms with Gasteiger partial charge in [-0.3, -0.25) is 14.6 Å². The number of rotatable bonds is 5. The number of nitrogens with one attached hydrogen (secondary N) is 3. The highest BCUT2D eigenvalue weighted by molar-refractivity contribution is 7.71. The summed E-state index contributed by atoms with van der Waals surface area (Å²) < 4.78 is 18.8. The van der Waals surface area contributed by atoms with Gasteiger partial charge in [-0.05, 0) is 49.5 Å². The molecule has 1 aromatic heterocycles. The van der Waals surface area contributed by atoms with E-state index in [-0.39, 0.29) is 34.7 Å². The van der Waals surface area contributed by atoms with Crippen LogP contribution in [-0.4, -0.2) is 28.5 Å². The molecule has 3 N–H and O–H groups in total. The topological polar surface area (TPSA) is 87.0 Å². The van der Waals surface area contributed by atoms with Gasteiger partial charge in [0.2, 0.25) is 0 Å². The fourth-order valence-corrected chi connectivity index (χ4v) is 2.64. The maximum Gasteiger partial charge on any atom is 0.259 e. The van der Waals surface area contributed by atoms with Gasteiger partial charge in [0.1, 0.15) is 18.2 Å². The Bertz CT molecular complexity index is 1080. The van der Waals surface area contributed by atoms with Crippen LogP contribution in [0.5, 0.6) is 5.75 Å². The molecule has 0 bridgehead atoms. The van der Waals surface area contributed by atoms with Crippen molar-refractivity contribution in [1.82, 2.24) is 15.3 Å². The van der Waals surface area contributed by atoms with E-state index >= 15 is 0 Å². The summed E-state index contributed by atoms with van der Waals surface area (Å²) in [6.07, 6.45) is 0. The predicted octanol–water partition coefficient (Wildman–Crippen LogP) is 2.92. The van der Waals surface area contributed by atoms with Crippen molar-refractivity contribution in [3.05, 3.63) is 69.0 Å². The summed E-state index contributed by atoms with van der Waals surface area (Å²) in [5.41, 5.74) is 0.550. The number of carbonyl (C=O) groups excluding carboxylic acids is 1. The summed E-state index contributed by atoms with van der Waals surface area (Å²) in [5.74, 6) is -0.312. The molecule has 0 fully saturated rings. The highest BCUT2D eigenvalue weighted by atomic mass is 32.1. The third-order valence-corrected chi connectivity index (χ3v) is 3.88. The molecule has 0 aliphatic carbocycles. The predicted molar refractivity (Wildman–Crippen MR) is 98.6 cm³/mol. The van der Waals surface area contributed by atoms with Gasteiger partial charge in [-0.2, -0.15) is 0 Å². The first kappa shape index (κ1) is 17.8. The van der Waals surface area contributed by atoms with Crippen LogP contribution in [0.3, 0.4) is 0 Å². The van der Waals surface area contributed by atoms with E-state index in [2.05, 4.69) is 15.3 Å². The first-order valence-corrected chi connectivity index (χ1v) is 8.29. The van der Waals surface area contributed by atoms with Gasteiger partial charge in [-0.25, -0.2) is 4.39 Å². The highest BCUT2D eigenvalue weighted by Gasteiger charge is 2.12. The number of fused-ring (bicyclic) bond motifs is 1. The Kier molecular flexibility index (Phi) is 5.13. The molecule has 0 saturated carbocycles. The van der Waals surface area contributed by atoms with Gasteiger partial charge in [0.05, 0.1) is 16.9 Å². The quantitative estimate of drug-likeness (QED) is 0.600. The van der Waals surface area contributed by atoms with Crippen LogP contribution >= 0.6 is 12.2 Å². The van der Waals surface area contributed by atoms with E-state index in [9.17, 15) is 14.0 Å². The first-order valence-electron chi connectivity index (χ1n) is 7.88. The number of hydrogen-bond acceptors (Lipinski definition) is 4. The van der Waals surface area contributed by atoms with E-state index in [0.717, 1.165) is 0 Å². The maximum absolute atomic E-state index is 13.1. The van der Waals surface area contributed by atoms with Gasteiger partial charge in [-0.1, -0.05) is 6.07 Å². The molecule has 1 atom stereocenters. The molecule has 134 valence electrons. The van der Waals surface area contributed by atoms with Gasteiger partial charge in [0, 0.05) is 11.6 Å². The summed E-state index contributed by atoms with van der Waals surface area (Å²) in [4.78, 5) is 29.5. The highest BCUT2D eigenvalue weighted by Crippen LogP contribution is 2.13. The van der Waals surface area contributed by atoms with Crippen molar-refractivity contribution >= 4 is 29.0 Å². The van der Waals surface area contributed by atoms with E-state index in [1.807, 2.05) is 0 Å². The maximum atomic E-state index is 13.1. The monoisotopic (exact) mass is 373 g/mol. The average Bonchev–Trinajstić information content (AvgIpc) is 2.59. The standard InChI is InChI=1S/C18H16FN3O3S/c1-10(9-25-13-4-2-3-12(19)8-13)20-16(23)11-5-6-14-15(7-11)21-18(26)22-17(14)24/h2-8,10H,9H2,1H3,(H,20,23)(H2,21,22,24,26). The second-order valence-corrected chi connectivity index (χ2v) is 6.22. The fraction of sp³-hybridized carbons (Fsp3) is 0.167. The molecule has 1 heterocycles. The van der Waals surface area contributed by atoms with Crippen molar-refractivity contribution in [3.8, 4) is 5.75 Å². The lowest BCUT2D eigenvalue weighted by atomic mass is 10.1. The lowest BCUT2D eigenvalue weighted by molar-refractivity contribution is 0.0926. The van der Waals surface area contributed by atoms with Crippen molar-refractivity contribution < 1.29 is 13.9 Å². The zero-order valence-corrected chi connectivity index (χ0v) is 14.7. The normalized spacial score (nSPS) is 11.9. The molecule has 26 heavy (non-hydrogen) atoms. The van der Waals surface area contributed by atoms with Crippen LogP contribution in [0.2, 0.25) is 0 Å². The van der Waals surface area contributed by atoms with Gasteiger partial charge < -0.3 is 15.0 Å². The SMILES string of the molecule is CC(COc1cccc(F)c1)NC(=O)c1ccc2c(=O)[nH]c(=S)[nH]c2c1. The minimum absolute atomic E-state index is 0.185. The Morgan fingerprint density at radius 2 is 2.08 bits per heavy atom. The Hall–Kier alpha value is -3.00. The molecule has 0 aliphatic rings. The Morgan fingerprint density at radius 1 is 1.27 bits per heavy atom. The molecule has 3 aromatic rings. The average molecular weight is 373 g/mol. The number of benzene rings is 2. The molecule has 0 saturated heterocycles. The third kappa shape index (κ3) is 4.15. The largest absolute Gasteiger partial charge is 0.491 e. The molecule has 0 radical (unpaired) electrons. The minimum atomic E-state index is -0.386.